The van der Waals surface area contributed by atoms with E-state index in [0.717, 1.165) is 11.3 Å². The quantitative estimate of drug-likeness (QED) is 0.225. The highest BCUT2D eigenvalue weighted by atomic mass is 14.7. The van der Waals surface area contributed by atoms with Crippen LogP contribution in [-0.2, 0) is 0 Å². The molecule has 6 aromatic carbocycles. The number of hydrogen-bond acceptors (Lipinski definition) is 1. The van der Waals surface area contributed by atoms with E-state index in [1.54, 1.807) is 0 Å². The molecule has 1 heteroatoms. The summed E-state index contributed by atoms with van der Waals surface area (Å²) in [5.74, 6) is 0. The van der Waals surface area contributed by atoms with Gasteiger partial charge in [0.25, 0.3) is 0 Å². The van der Waals surface area contributed by atoms with Gasteiger partial charge in [0.15, 0.2) is 0 Å². The Morgan fingerprint density at radius 3 is 1.35 bits per heavy atom. The second kappa shape index (κ2) is 10.5. The number of benzene rings is 6. The first-order valence-electron chi connectivity index (χ1n) is 13.6. The molecule has 0 aliphatic heterocycles. The largest absolute Gasteiger partial charge is 0.256 e. The summed E-state index contributed by atoms with van der Waals surface area (Å²) in [5, 5.41) is 2.37. The Kier molecular flexibility index (Phi) is 6.24. The molecule has 1 nitrogen and oxygen atoms in total. The average molecular weight is 510 g/mol. The fraction of sp³-hybridized carbons (Fsp3) is 0. The van der Waals surface area contributed by atoms with E-state index >= 15 is 0 Å². The minimum atomic E-state index is 1.01. The molecule has 7 aromatic rings. The van der Waals surface area contributed by atoms with Crippen LogP contribution in [0.25, 0.3) is 66.5 Å². The van der Waals surface area contributed by atoms with Gasteiger partial charge in [-0.15, -0.1) is 0 Å². The molecule has 0 radical (unpaired) electrons. The summed E-state index contributed by atoms with van der Waals surface area (Å²) in [7, 11) is 0. The van der Waals surface area contributed by atoms with Crippen molar-refractivity contribution in [3.05, 3.63) is 164 Å². The van der Waals surface area contributed by atoms with Crippen LogP contribution in [0.15, 0.2) is 164 Å². The van der Waals surface area contributed by atoms with Crippen LogP contribution in [0, 0.1) is 0 Å². The zero-order valence-electron chi connectivity index (χ0n) is 22.0. The molecule has 0 fully saturated rings. The predicted octanol–water partition coefficient (Wildman–Crippen LogP) is 10.6. The topological polar surface area (TPSA) is 12.9 Å². The van der Waals surface area contributed by atoms with Crippen molar-refractivity contribution in [3.63, 3.8) is 0 Å². The lowest BCUT2D eigenvalue weighted by Crippen LogP contribution is -1.88. The third-order valence-corrected chi connectivity index (χ3v) is 7.49. The van der Waals surface area contributed by atoms with Crippen LogP contribution in [0.1, 0.15) is 0 Å². The number of rotatable bonds is 5. The van der Waals surface area contributed by atoms with Crippen LogP contribution < -0.4 is 0 Å². The standard InChI is InChI=1S/C39H27N/c1-3-11-28(12-4-1)35-25-36(29-13-5-2-6-14-29)27-37(26-35)33-18-9-16-31(23-33)32-17-10-19-34(24-32)39-38-20-8-7-15-30(38)21-22-40-39/h1-27H. The summed E-state index contributed by atoms with van der Waals surface area (Å²) in [5.41, 5.74) is 11.8. The van der Waals surface area contributed by atoms with E-state index in [0.29, 0.717) is 0 Å². The maximum atomic E-state index is 4.75. The molecule has 0 N–H and O–H groups in total. The Morgan fingerprint density at radius 1 is 0.300 bits per heavy atom. The van der Waals surface area contributed by atoms with E-state index in [1.165, 1.54) is 55.3 Å². The van der Waals surface area contributed by atoms with E-state index in [1.807, 2.05) is 6.20 Å². The summed E-state index contributed by atoms with van der Waals surface area (Å²) in [6, 6.07) is 56.2. The molecular formula is C39H27N. The second-order valence-electron chi connectivity index (χ2n) is 10.1. The molecule has 0 amide bonds. The third-order valence-electron chi connectivity index (χ3n) is 7.49. The van der Waals surface area contributed by atoms with Gasteiger partial charge in [-0.3, -0.25) is 4.98 Å². The van der Waals surface area contributed by atoms with Crippen molar-refractivity contribution in [2.24, 2.45) is 0 Å². The molecule has 7 rings (SSSR count). The second-order valence-corrected chi connectivity index (χ2v) is 10.1. The van der Waals surface area contributed by atoms with E-state index < -0.39 is 0 Å². The zero-order chi connectivity index (χ0) is 26.7. The third kappa shape index (κ3) is 4.70. The van der Waals surface area contributed by atoms with E-state index in [9.17, 15) is 0 Å². The Labute approximate surface area is 235 Å². The van der Waals surface area contributed by atoms with Crippen molar-refractivity contribution in [2.75, 3.05) is 0 Å². The lowest BCUT2D eigenvalue weighted by molar-refractivity contribution is 1.36. The van der Waals surface area contributed by atoms with Crippen molar-refractivity contribution in [1.82, 2.24) is 4.98 Å². The molecule has 1 aromatic heterocycles. The number of hydrogen-bond donors (Lipinski definition) is 0. The molecule has 188 valence electrons. The fourth-order valence-electron chi connectivity index (χ4n) is 5.46. The molecule has 0 aliphatic carbocycles. The Hall–Kier alpha value is -5.27. The van der Waals surface area contributed by atoms with Crippen LogP contribution in [0.2, 0.25) is 0 Å². The number of aromatic nitrogens is 1. The molecule has 0 saturated heterocycles. The lowest BCUT2D eigenvalue weighted by atomic mass is 9.92. The monoisotopic (exact) mass is 509 g/mol. The van der Waals surface area contributed by atoms with Crippen molar-refractivity contribution < 1.29 is 0 Å². The number of pyridine rings is 1. The first-order valence-corrected chi connectivity index (χ1v) is 13.6. The number of fused-ring (bicyclic) bond motifs is 1. The average Bonchev–Trinajstić information content (AvgIpc) is 3.05. The Bertz CT molecular complexity index is 1880. The van der Waals surface area contributed by atoms with Gasteiger partial charge >= 0.3 is 0 Å². The van der Waals surface area contributed by atoms with Gasteiger partial charge in [0.1, 0.15) is 0 Å². The maximum absolute atomic E-state index is 4.75. The van der Waals surface area contributed by atoms with Gasteiger partial charge in [0.2, 0.25) is 0 Å². The van der Waals surface area contributed by atoms with Crippen LogP contribution in [0.5, 0.6) is 0 Å². The van der Waals surface area contributed by atoms with Gasteiger partial charge in [-0.2, -0.15) is 0 Å². The maximum Gasteiger partial charge on any atom is 0.0780 e. The van der Waals surface area contributed by atoms with Gasteiger partial charge in [0.05, 0.1) is 5.69 Å². The first kappa shape index (κ1) is 23.8. The van der Waals surface area contributed by atoms with Gasteiger partial charge in [-0.25, -0.2) is 0 Å². The minimum absolute atomic E-state index is 1.01. The summed E-state index contributed by atoms with van der Waals surface area (Å²) >= 11 is 0. The van der Waals surface area contributed by atoms with Gasteiger partial charge in [-0.05, 0) is 86.3 Å². The van der Waals surface area contributed by atoms with Gasteiger partial charge < -0.3 is 0 Å². The molecule has 1 heterocycles. The normalized spacial score (nSPS) is 11.0. The summed E-state index contributed by atoms with van der Waals surface area (Å²) in [6.45, 7) is 0. The highest BCUT2D eigenvalue weighted by molar-refractivity contribution is 5.95. The van der Waals surface area contributed by atoms with Crippen molar-refractivity contribution >= 4 is 10.8 Å². The van der Waals surface area contributed by atoms with Crippen LogP contribution in [-0.4, -0.2) is 4.98 Å². The molecule has 0 atom stereocenters. The molecule has 40 heavy (non-hydrogen) atoms. The van der Waals surface area contributed by atoms with Crippen molar-refractivity contribution in [3.8, 4) is 55.8 Å². The van der Waals surface area contributed by atoms with Gasteiger partial charge in [-0.1, -0.05) is 121 Å². The smallest absolute Gasteiger partial charge is 0.0780 e. The van der Waals surface area contributed by atoms with Crippen molar-refractivity contribution in [1.29, 1.82) is 0 Å². The molecular weight excluding hydrogens is 482 g/mol. The molecule has 0 unspecified atom stereocenters. The summed E-state index contributed by atoms with van der Waals surface area (Å²) in [6.07, 6.45) is 1.90. The van der Waals surface area contributed by atoms with Crippen LogP contribution in [0.3, 0.4) is 0 Å². The van der Waals surface area contributed by atoms with Crippen LogP contribution in [0.4, 0.5) is 0 Å². The van der Waals surface area contributed by atoms with Crippen LogP contribution >= 0.6 is 0 Å². The minimum Gasteiger partial charge on any atom is -0.256 e. The van der Waals surface area contributed by atoms with E-state index in [4.69, 9.17) is 4.98 Å². The highest BCUT2D eigenvalue weighted by Crippen LogP contribution is 2.35. The van der Waals surface area contributed by atoms with Gasteiger partial charge in [0, 0.05) is 17.1 Å². The molecule has 0 bridgehead atoms. The molecule has 0 aliphatic rings. The SMILES string of the molecule is c1ccc(-c2cc(-c3ccccc3)cc(-c3cccc(-c4cccc(-c5nccc6ccccc56)c4)c3)c2)cc1. The Balaban J connectivity index is 1.32. The molecule has 0 saturated carbocycles. The lowest BCUT2D eigenvalue weighted by Gasteiger charge is -2.13. The predicted molar refractivity (Wildman–Crippen MR) is 169 cm³/mol. The summed E-state index contributed by atoms with van der Waals surface area (Å²) < 4.78 is 0. The highest BCUT2D eigenvalue weighted by Gasteiger charge is 2.10. The number of nitrogens with zero attached hydrogens (tertiary/aromatic N) is 1. The van der Waals surface area contributed by atoms with Crippen molar-refractivity contribution in [2.45, 2.75) is 0 Å². The first-order chi connectivity index (χ1) is 19.8. The van der Waals surface area contributed by atoms with E-state index in [-0.39, 0.29) is 0 Å². The summed E-state index contributed by atoms with van der Waals surface area (Å²) in [4.78, 5) is 4.75. The zero-order valence-corrected chi connectivity index (χ0v) is 22.0. The van der Waals surface area contributed by atoms with E-state index in [2.05, 4.69) is 158 Å². The molecule has 0 spiro atoms. The Morgan fingerprint density at radius 2 is 0.725 bits per heavy atom. The fourth-order valence-corrected chi connectivity index (χ4v) is 5.46.